The Kier molecular flexibility index (Phi) is 4.00. The van der Waals surface area contributed by atoms with Gasteiger partial charge in [-0.3, -0.25) is 10.4 Å². The van der Waals surface area contributed by atoms with Gasteiger partial charge in [0.2, 0.25) is 0 Å². The summed E-state index contributed by atoms with van der Waals surface area (Å²) in [6, 6.07) is 1.69. The van der Waals surface area contributed by atoms with Crippen LogP contribution >= 0.6 is 12.6 Å². The predicted molar refractivity (Wildman–Crippen MR) is 64.5 cm³/mol. The van der Waals surface area contributed by atoms with Gasteiger partial charge in [0.05, 0.1) is 5.69 Å². The smallest absolute Gasteiger partial charge is 0.426 e. The van der Waals surface area contributed by atoms with E-state index in [-0.39, 0.29) is 0 Å². The van der Waals surface area contributed by atoms with Crippen molar-refractivity contribution in [2.75, 3.05) is 5.43 Å². The van der Waals surface area contributed by atoms with E-state index in [9.17, 15) is 4.79 Å². The summed E-state index contributed by atoms with van der Waals surface area (Å²) in [4.78, 5) is 15.8. The molecule has 0 bridgehead atoms. The zero-order chi connectivity index (χ0) is 12.2. The molecule has 5 nitrogen and oxygen atoms in total. The summed E-state index contributed by atoms with van der Waals surface area (Å²) in [7, 11) is 0. The molecule has 0 spiro atoms. The Morgan fingerprint density at radius 3 is 2.75 bits per heavy atom. The lowest BCUT2D eigenvalue weighted by atomic mass is 10.2. The van der Waals surface area contributed by atoms with Gasteiger partial charge < -0.3 is 4.74 Å². The van der Waals surface area contributed by atoms with E-state index < -0.39 is 11.7 Å². The van der Waals surface area contributed by atoms with Crippen molar-refractivity contribution in [2.24, 2.45) is 0 Å². The third kappa shape index (κ3) is 4.39. The van der Waals surface area contributed by atoms with Gasteiger partial charge >= 0.3 is 6.09 Å². The summed E-state index contributed by atoms with van der Waals surface area (Å²) in [5, 5.41) is 0. The largest absolute Gasteiger partial charge is 0.443 e. The zero-order valence-electron chi connectivity index (χ0n) is 9.44. The highest BCUT2D eigenvalue weighted by atomic mass is 32.1. The second-order valence-electron chi connectivity index (χ2n) is 4.14. The second-order valence-corrected chi connectivity index (χ2v) is 4.63. The summed E-state index contributed by atoms with van der Waals surface area (Å²) in [6.07, 6.45) is 2.62. The minimum Gasteiger partial charge on any atom is -0.443 e. The van der Waals surface area contributed by atoms with Crippen molar-refractivity contribution in [1.82, 2.24) is 10.4 Å². The molecular formula is C10H15N3O2S. The maximum absolute atomic E-state index is 11.3. The van der Waals surface area contributed by atoms with Crippen LogP contribution in [-0.4, -0.2) is 16.7 Å². The first kappa shape index (κ1) is 12.6. The number of carbonyl (C=O) groups is 1. The summed E-state index contributed by atoms with van der Waals surface area (Å²) in [5.41, 5.74) is 5.24. The van der Waals surface area contributed by atoms with Crippen LogP contribution in [0.25, 0.3) is 0 Å². The number of anilines is 1. The number of pyridine rings is 1. The molecule has 0 saturated carbocycles. The van der Waals surface area contributed by atoms with Gasteiger partial charge in [-0.15, -0.1) is 12.6 Å². The molecule has 1 heterocycles. The maximum atomic E-state index is 11.3. The first-order valence-electron chi connectivity index (χ1n) is 4.76. The average Bonchev–Trinajstić information content (AvgIpc) is 2.14. The zero-order valence-corrected chi connectivity index (χ0v) is 10.3. The van der Waals surface area contributed by atoms with Crippen LogP contribution in [0.4, 0.5) is 10.5 Å². The van der Waals surface area contributed by atoms with Crippen molar-refractivity contribution >= 4 is 24.4 Å². The Morgan fingerprint density at radius 1 is 1.50 bits per heavy atom. The molecule has 0 aromatic carbocycles. The van der Waals surface area contributed by atoms with Crippen LogP contribution in [0.5, 0.6) is 0 Å². The highest BCUT2D eigenvalue weighted by Crippen LogP contribution is 2.16. The van der Waals surface area contributed by atoms with Crippen LogP contribution in [0.3, 0.4) is 0 Å². The second kappa shape index (κ2) is 5.07. The van der Waals surface area contributed by atoms with Crippen LogP contribution < -0.4 is 10.9 Å². The number of thiol groups is 1. The van der Waals surface area contributed by atoms with Gasteiger partial charge in [0.25, 0.3) is 0 Å². The Morgan fingerprint density at radius 2 is 2.19 bits per heavy atom. The first-order valence-corrected chi connectivity index (χ1v) is 5.21. The number of rotatable bonds is 2. The van der Waals surface area contributed by atoms with E-state index >= 15 is 0 Å². The van der Waals surface area contributed by atoms with Crippen molar-refractivity contribution in [3.63, 3.8) is 0 Å². The number of nitrogens with zero attached hydrogens (tertiary/aromatic N) is 1. The van der Waals surface area contributed by atoms with E-state index in [1.807, 2.05) is 0 Å². The number of amides is 1. The number of hydrogen-bond acceptors (Lipinski definition) is 5. The standard InChI is InChI=1S/C10H15N3O2S/c1-10(2,3)15-9(14)13-12-7-4-5-11-6-8(7)16/h4-6,16H,1-3H3,(H,11,12)(H,13,14). The van der Waals surface area contributed by atoms with Crippen molar-refractivity contribution in [3.05, 3.63) is 18.5 Å². The van der Waals surface area contributed by atoms with Crippen molar-refractivity contribution < 1.29 is 9.53 Å². The summed E-state index contributed by atoms with van der Waals surface area (Å²) < 4.78 is 5.05. The minimum absolute atomic E-state index is 0.520. The SMILES string of the molecule is CC(C)(C)OC(=O)NNc1ccncc1S. The highest BCUT2D eigenvalue weighted by Gasteiger charge is 2.15. The van der Waals surface area contributed by atoms with E-state index in [0.717, 1.165) is 0 Å². The first-order chi connectivity index (χ1) is 7.38. The fourth-order valence-corrected chi connectivity index (χ4v) is 1.11. The van der Waals surface area contributed by atoms with E-state index in [1.54, 1.807) is 39.2 Å². The third-order valence-corrected chi connectivity index (χ3v) is 1.85. The van der Waals surface area contributed by atoms with E-state index in [1.165, 1.54) is 0 Å². The number of carbonyl (C=O) groups excluding carboxylic acids is 1. The van der Waals surface area contributed by atoms with Crippen LogP contribution in [0.15, 0.2) is 23.4 Å². The molecular weight excluding hydrogens is 226 g/mol. The lowest BCUT2D eigenvalue weighted by molar-refractivity contribution is 0.0541. The number of hydrogen-bond donors (Lipinski definition) is 3. The fraction of sp³-hybridized carbons (Fsp3) is 0.400. The highest BCUT2D eigenvalue weighted by molar-refractivity contribution is 7.80. The molecule has 88 valence electrons. The molecule has 0 aliphatic rings. The molecule has 0 saturated heterocycles. The van der Waals surface area contributed by atoms with E-state index in [0.29, 0.717) is 10.6 Å². The van der Waals surface area contributed by atoms with Gasteiger partial charge in [0.15, 0.2) is 0 Å². The fourth-order valence-electron chi connectivity index (χ4n) is 0.914. The van der Waals surface area contributed by atoms with Gasteiger partial charge in [0, 0.05) is 17.3 Å². The molecule has 1 aromatic heterocycles. The number of aromatic nitrogens is 1. The van der Waals surface area contributed by atoms with Crippen molar-refractivity contribution in [1.29, 1.82) is 0 Å². The predicted octanol–water partition coefficient (Wildman–Crippen LogP) is 2.22. The molecule has 0 aliphatic carbocycles. The molecule has 1 aromatic rings. The third-order valence-electron chi connectivity index (χ3n) is 1.50. The van der Waals surface area contributed by atoms with E-state index in [2.05, 4.69) is 28.5 Å². The lowest BCUT2D eigenvalue weighted by Gasteiger charge is -2.20. The van der Waals surface area contributed by atoms with Crippen molar-refractivity contribution in [3.8, 4) is 0 Å². The Labute approximate surface area is 100.0 Å². The lowest BCUT2D eigenvalue weighted by Crippen LogP contribution is -2.35. The van der Waals surface area contributed by atoms with Crippen LogP contribution in [0.1, 0.15) is 20.8 Å². The molecule has 6 heteroatoms. The number of ether oxygens (including phenoxy) is 1. The summed E-state index contributed by atoms with van der Waals surface area (Å²) in [5.74, 6) is 0. The number of nitrogens with one attached hydrogen (secondary N) is 2. The molecule has 0 radical (unpaired) electrons. The van der Waals surface area contributed by atoms with Gasteiger partial charge in [-0.2, -0.15) is 0 Å². The molecule has 2 N–H and O–H groups in total. The van der Waals surface area contributed by atoms with Gasteiger partial charge in [-0.05, 0) is 26.8 Å². The minimum atomic E-state index is -0.544. The van der Waals surface area contributed by atoms with Gasteiger partial charge in [-0.1, -0.05) is 0 Å². The maximum Gasteiger partial charge on any atom is 0.426 e. The van der Waals surface area contributed by atoms with Gasteiger partial charge in [0.1, 0.15) is 5.60 Å². The number of hydrazine groups is 1. The molecule has 0 atom stereocenters. The van der Waals surface area contributed by atoms with E-state index in [4.69, 9.17) is 4.74 Å². The van der Waals surface area contributed by atoms with Crippen LogP contribution in [0, 0.1) is 0 Å². The van der Waals surface area contributed by atoms with Crippen LogP contribution in [0.2, 0.25) is 0 Å². The summed E-state index contributed by atoms with van der Waals surface area (Å²) >= 11 is 4.17. The summed E-state index contributed by atoms with van der Waals surface area (Å²) in [6.45, 7) is 5.38. The average molecular weight is 241 g/mol. The molecule has 0 aliphatic heterocycles. The normalized spacial score (nSPS) is 10.8. The molecule has 1 amide bonds. The van der Waals surface area contributed by atoms with Crippen molar-refractivity contribution in [2.45, 2.75) is 31.3 Å². The van der Waals surface area contributed by atoms with Crippen LogP contribution in [-0.2, 0) is 4.74 Å². The topological polar surface area (TPSA) is 63.2 Å². The Bertz CT molecular complexity index is 377. The molecule has 0 fully saturated rings. The van der Waals surface area contributed by atoms with Gasteiger partial charge in [-0.25, -0.2) is 10.2 Å². The Hall–Kier alpha value is -1.43. The Balaban J connectivity index is 2.47. The molecule has 1 rings (SSSR count). The monoisotopic (exact) mass is 241 g/mol. The molecule has 0 unspecified atom stereocenters. The quantitative estimate of drug-likeness (QED) is 0.549. The molecule has 16 heavy (non-hydrogen) atoms.